The van der Waals surface area contributed by atoms with E-state index in [-0.39, 0.29) is 11.0 Å². The first-order chi connectivity index (χ1) is 16.0. The minimum atomic E-state index is -0.260. The van der Waals surface area contributed by atoms with Crippen LogP contribution < -0.4 is 10.6 Å². The number of benzene rings is 4. The molecule has 0 aliphatic rings. The normalized spacial score (nSPS) is 11.0. The van der Waals surface area contributed by atoms with Crippen molar-refractivity contribution in [2.45, 2.75) is 13.8 Å². The molecule has 0 unspecified atom stereocenters. The Labute approximate surface area is 196 Å². The fraction of sp³-hybridized carbons (Fsp3) is 0.0741. The lowest BCUT2D eigenvalue weighted by molar-refractivity contribution is 0.0979. The van der Waals surface area contributed by atoms with Gasteiger partial charge in [-0.2, -0.15) is 0 Å². The molecule has 162 valence electrons. The Bertz CT molecular complexity index is 1510. The Morgan fingerprint density at radius 2 is 1.67 bits per heavy atom. The number of aryl methyl sites for hydroxylation is 2. The molecule has 0 radical (unpaired) electrons. The molecule has 1 aromatic heterocycles. The summed E-state index contributed by atoms with van der Waals surface area (Å²) in [5, 5.41) is 7.93. The van der Waals surface area contributed by atoms with Crippen LogP contribution in [0.25, 0.3) is 33.3 Å². The summed E-state index contributed by atoms with van der Waals surface area (Å²) in [4.78, 5) is 17.5. The SMILES string of the molecule is Cc1cc(C)cc(-c2nc3cc(NC(=S)NC(=O)c4cccc5ccccc45)ccc3o2)c1. The highest BCUT2D eigenvalue weighted by Crippen LogP contribution is 2.27. The van der Waals surface area contributed by atoms with Crippen molar-refractivity contribution < 1.29 is 9.21 Å². The van der Waals surface area contributed by atoms with Gasteiger partial charge in [-0.15, -0.1) is 0 Å². The summed E-state index contributed by atoms with van der Waals surface area (Å²) in [5.74, 6) is 0.310. The molecule has 0 spiro atoms. The van der Waals surface area contributed by atoms with Crippen LogP contribution in [0, 0.1) is 13.8 Å². The van der Waals surface area contributed by atoms with E-state index in [1.807, 2.05) is 54.6 Å². The van der Waals surface area contributed by atoms with E-state index in [1.54, 1.807) is 6.07 Å². The molecule has 1 heterocycles. The average molecular weight is 452 g/mol. The fourth-order valence-corrected chi connectivity index (χ4v) is 4.19. The van der Waals surface area contributed by atoms with Gasteiger partial charge >= 0.3 is 0 Å². The topological polar surface area (TPSA) is 67.2 Å². The Hall–Kier alpha value is -4.03. The minimum absolute atomic E-state index is 0.213. The van der Waals surface area contributed by atoms with Crippen molar-refractivity contribution >= 4 is 50.8 Å². The second-order valence-corrected chi connectivity index (χ2v) is 8.42. The van der Waals surface area contributed by atoms with Crippen LogP contribution in [0.3, 0.4) is 0 Å². The number of fused-ring (bicyclic) bond motifs is 2. The lowest BCUT2D eigenvalue weighted by atomic mass is 10.0. The van der Waals surface area contributed by atoms with Gasteiger partial charge in [0.05, 0.1) is 0 Å². The second-order valence-electron chi connectivity index (χ2n) is 8.01. The zero-order valence-electron chi connectivity index (χ0n) is 18.2. The number of nitrogens with one attached hydrogen (secondary N) is 2. The average Bonchev–Trinajstić information content (AvgIpc) is 3.21. The standard InChI is InChI=1S/C27H21N3O2S/c1-16-12-17(2)14-19(13-16)26-29-23-15-20(10-11-24(23)32-26)28-27(33)30-25(31)22-9-5-7-18-6-3-4-8-21(18)22/h3-15H,1-2H3,(H2,28,30,31,33). The number of thiocarbonyl (C=S) groups is 1. The number of carbonyl (C=O) groups is 1. The molecule has 33 heavy (non-hydrogen) atoms. The van der Waals surface area contributed by atoms with Crippen LogP contribution in [0.2, 0.25) is 0 Å². The first kappa shape index (κ1) is 20.8. The van der Waals surface area contributed by atoms with Gasteiger partial charge in [-0.25, -0.2) is 4.98 Å². The van der Waals surface area contributed by atoms with Crippen LogP contribution in [-0.2, 0) is 0 Å². The zero-order valence-corrected chi connectivity index (χ0v) is 19.0. The van der Waals surface area contributed by atoms with E-state index < -0.39 is 0 Å². The number of hydrogen-bond donors (Lipinski definition) is 2. The van der Waals surface area contributed by atoms with Crippen LogP contribution >= 0.6 is 12.2 Å². The van der Waals surface area contributed by atoms with Crippen LogP contribution in [-0.4, -0.2) is 16.0 Å². The predicted octanol–water partition coefficient (Wildman–Crippen LogP) is 6.39. The lowest BCUT2D eigenvalue weighted by Crippen LogP contribution is -2.34. The molecule has 0 aliphatic carbocycles. The highest BCUT2D eigenvalue weighted by atomic mass is 32.1. The highest BCUT2D eigenvalue weighted by molar-refractivity contribution is 7.80. The second kappa shape index (κ2) is 8.48. The molecule has 0 saturated carbocycles. The van der Waals surface area contributed by atoms with Gasteiger partial charge in [-0.1, -0.05) is 53.6 Å². The minimum Gasteiger partial charge on any atom is -0.436 e. The predicted molar refractivity (Wildman–Crippen MR) is 137 cm³/mol. The van der Waals surface area contributed by atoms with Gasteiger partial charge in [-0.3, -0.25) is 10.1 Å². The number of anilines is 1. The Morgan fingerprint density at radius 1 is 0.909 bits per heavy atom. The molecule has 0 aliphatic heterocycles. The molecule has 0 fully saturated rings. The number of oxazole rings is 1. The van der Waals surface area contributed by atoms with E-state index in [4.69, 9.17) is 16.6 Å². The largest absolute Gasteiger partial charge is 0.436 e. The van der Waals surface area contributed by atoms with Crippen LogP contribution in [0.15, 0.2) is 83.3 Å². The molecule has 2 N–H and O–H groups in total. The number of nitrogens with zero attached hydrogens (tertiary/aromatic N) is 1. The Balaban J connectivity index is 1.34. The third kappa shape index (κ3) is 4.33. The maximum Gasteiger partial charge on any atom is 0.258 e. The van der Waals surface area contributed by atoms with Gasteiger partial charge in [0, 0.05) is 16.8 Å². The highest BCUT2D eigenvalue weighted by Gasteiger charge is 2.13. The summed E-state index contributed by atoms with van der Waals surface area (Å²) < 4.78 is 5.95. The van der Waals surface area contributed by atoms with E-state index >= 15 is 0 Å². The molecule has 0 bridgehead atoms. The van der Waals surface area contributed by atoms with Crippen molar-refractivity contribution in [3.63, 3.8) is 0 Å². The summed E-state index contributed by atoms with van der Waals surface area (Å²) in [6.07, 6.45) is 0. The van der Waals surface area contributed by atoms with Gasteiger partial charge in [-0.05, 0) is 73.2 Å². The number of hydrogen-bond acceptors (Lipinski definition) is 4. The van der Waals surface area contributed by atoms with E-state index in [9.17, 15) is 4.79 Å². The molecule has 4 aromatic carbocycles. The molecule has 5 rings (SSSR count). The molecule has 0 saturated heterocycles. The van der Waals surface area contributed by atoms with Crippen molar-refractivity contribution in [3.05, 3.63) is 95.6 Å². The van der Waals surface area contributed by atoms with Gasteiger partial charge in [0.2, 0.25) is 5.89 Å². The summed E-state index contributed by atoms with van der Waals surface area (Å²) in [7, 11) is 0. The monoisotopic (exact) mass is 451 g/mol. The number of amides is 1. The maximum atomic E-state index is 12.8. The zero-order chi connectivity index (χ0) is 22.9. The summed E-state index contributed by atoms with van der Waals surface area (Å²) >= 11 is 5.38. The van der Waals surface area contributed by atoms with Gasteiger partial charge in [0.1, 0.15) is 5.52 Å². The van der Waals surface area contributed by atoms with Crippen molar-refractivity contribution in [1.82, 2.24) is 10.3 Å². The molecule has 0 atom stereocenters. The van der Waals surface area contributed by atoms with E-state index in [2.05, 4.69) is 47.7 Å². The van der Waals surface area contributed by atoms with E-state index in [1.165, 1.54) is 0 Å². The van der Waals surface area contributed by atoms with Crippen molar-refractivity contribution in [2.24, 2.45) is 0 Å². The molecule has 5 aromatic rings. The van der Waals surface area contributed by atoms with Crippen LogP contribution in [0.4, 0.5) is 5.69 Å². The Kier molecular flexibility index (Phi) is 5.36. The van der Waals surface area contributed by atoms with Crippen molar-refractivity contribution in [3.8, 4) is 11.5 Å². The van der Waals surface area contributed by atoms with Crippen molar-refractivity contribution in [1.29, 1.82) is 0 Å². The Morgan fingerprint density at radius 3 is 2.48 bits per heavy atom. The third-order valence-electron chi connectivity index (χ3n) is 5.38. The lowest BCUT2D eigenvalue weighted by Gasteiger charge is -2.11. The fourth-order valence-electron chi connectivity index (χ4n) is 3.98. The quantitative estimate of drug-likeness (QED) is 0.311. The van der Waals surface area contributed by atoms with E-state index in [0.29, 0.717) is 28.2 Å². The number of aromatic nitrogens is 1. The number of rotatable bonds is 3. The summed E-state index contributed by atoms with van der Waals surface area (Å²) in [6, 6.07) is 25.1. The molecular weight excluding hydrogens is 430 g/mol. The summed E-state index contributed by atoms with van der Waals surface area (Å²) in [6.45, 7) is 4.10. The summed E-state index contributed by atoms with van der Waals surface area (Å²) in [5.41, 5.74) is 5.92. The maximum absolute atomic E-state index is 12.8. The van der Waals surface area contributed by atoms with Gasteiger partial charge in [0.15, 0.2) is 10.7 Å². The van der Waals surface area contributed by atoms with Crippen LogP contribution in [0.5, 0.6) is 0 Å². The molecule has 5 nitrogen and oxygen atoms in total. The smallest absolute Gasteiger partial charge is 0.258 e. The van der Waals surface area contributed by atoms with Crippen LogP contribution in [0.1, 0.15) is 21.5 Å². The molecular formula is C27H21N3O2S. The molecule has 6 heteroatoms. The van der Waals surface area contributed by atoms with Crippen molar-refractivity contribution in [2.75, 3.05) is 5.32 Å². The first-order valence-corrected chi connectivity index (χ1v) is 11.0. The third-order valence-corrected chi connectivity index (χ3v) is 5.58. The van der Waals surface area contributed by atoms with E-state index in [0.717, 1.165) is 27.5 Å². The first-order valence-electron chi connectivity index (χ1n) is 10.6. The number of carbonyl (C=O) groups excluding carboxylic acids is 1. The molecule has 1 amide bonds. The van der Waals surface area contributed by atoms with Gasteiger partial charge in [0.25, 0.3) is 5.91 Å². The van der Waals surface area contributed by atoms with Gasteiger partial charge < -0.3 is 9.73 Å².